The van der Waals surface area contributed by atoms with E-state index in [0.29, 0.717) is 17.8 Å². The Morgan fingerprint density at radius 1 is 1.12 bits per heavy atom. The molecule has 0 bridgehead atoms. The van der Waals surface area contributed by atoms with Crippen LogP contribution < -0.4 is 10.6 Å². The highest BCUT2D eigenvalue weighted by atomic mass is 15.1. The summed E-state index contributed by atoms with van der Waals surface area (Å²) in [5.74, 6) is 2.22. The normalized spacial score (nSPS) is 20.7. The van der Waals surface area contributed by atoms with Crippen molar-refractivity contribution in [2.45, 2.75) is 52.0 Å². The molecule has 1 aliphatic carbocycles. The number of H-pyrrole nitrogens is 1. The molecule has 1 saturated heterocycles. The number of aromatic amines is 1. The minimum Gasteiger partial charge on any atom is -0.366 e. The fourth-order valence-electron chi connectivity index (χ4n) is 4.99. The molecule has 4 aromatic rings. The average Bonchev–Trinajstić information content (AvgIpc) is 3.54. The number of nitrogens with one attached hydrogen (secondary N) is 3. The van der Waals surface area contributed by atoms with Gasteiger partial charge in [-0.2, -0.15) is 0 Å². The fourth-order valence-corrected chi connectivity index (χ4v) is 4.99. The van der Waals surface area contributed by atoms with Crippen LogP contribution in [0.5, 0.6) is 0 Å². The molecule has 1 saturated carbocycles. The van der Waals surface area contributed by atoms with E-state index in [2.05, 4.69) is 45.5 Å². The van der Waals surface area contributed by atoms with Crippen LogP contribution in [0.15, 0.2) is 30.7 Å². The summed E-state index contributed by atoms with van der Waals surface area (Å²) in [5, 5.41) is 9.57. The summed E-state index contributed by atoms with van der Waals surface area (Å²) < 4.78 is 0. The van der Waals surface area contributed by atoms with Crippen LogP contribution in [0.4, 0.5) is 5.82 Å². The third kappa shape index (κ3) is 3.32. The van der Waals surface area contributed by atoms with Gasteiger partial charge in [-0.15, -0.1) is 0 Å². The van der Waals surface area contributed by atoms with E-state index in [9.17, 15) is 0 Å². The van der Waals surface area contributed by atoms with Gasteiger partial charge in [-0.1, -0.05) is 13.8 Å². The number of piperidine rings is 1. The van der Waals surface area contributed by atoms with Gasteiger partial charge in [-0.05, 0) is 61.8 Å². The van der Waals surface area contributed by atoms with Crippen molar-refractivity contribution in [1.82, 2.24) is 30.2 Å². The number of aromatic nitrogens is 5. The Kier molecular flexibility index (Phi) is 4.43. The van der Waals surface area contributed by atoms with Gasteiger partial charge < -0.3 is 15.6 Å². The summed E-state index contributed by atoms with van der Waals surface area (Å²) in [6.07, 6.45) is 9.22. The van der Waals surface area contributed by atoms with Crippen LogP contribution in [0.2, 0.25) is 0 Å². The van der Waals surface area contributed by atoms with Gasteiger partial charge in [0, 0.05) is 47.0 Å². The maximum Gasteiger partial charge on any atom is 0.163 e. The van der Waals surface area contributed by atoms with Crippen molar-refractivity contribution in [3.8, 4) is 11.4 Å². The second kappa shape index (κ2) is 7.24. The zero-order valence-corrected chi connectivity index (χ0v) is 18.9. The number of rotatable bonds is 4. The second-order valence-electron chi connectivity index (χ2n) is 10.0. The quantitative estimate of drug-likeness (QED) is 0.442. The maximum atomic E-state index is 5.15. The van der Waals surface area contributed by atoms with Gasteiger partial charge in [-0.25, -0.2) is 15.0 Å². The fraction of sp³-hybridized carbons (Fsp3) is 0.440. The van der Waals surface area contributed by atoms with Crippen molar-refractivity contribution in [2.24, 2.45) is 5.41 Å². The van der Waals surface area contributed by atoms with Crippen molar-refractivity contribution >= 4 is 27.8 Å². The molecule has 6 rings (SSSR count). The van der Waals surface area contributed by atoms with Crippen LogP contribution in [0, 0.1) is 12.3 Å². The number of anilines is 1. The Bertz CT molecular complexity index is 1320. The zero-order valence-electron chi connectivity index (χ0n) is 18.9. The van der Waals surface area contributed by atoms with E-state index in [1.54, 1.807) is 0 Å². The lowest BCUT2D eigenvalue weighted by Crippen LogP contribution is -2.49. The highest BCUT2D eigenvalue weighted by molar-refractivity contribution is 5.97. The van der Waals surface area contributed by atoms with E-state index in [1.165, 1.54) is 18.4 Å². The van der Waals surface area contributed by atoms with Gasteiger partial charge >= 0.3 is 0 Å². The van der Waals surface area contributed by atoms with E-state index in [4.69, 9.17) is 9.97 Å². The number of fused-ring (bicyclic) bond motifs is 2. The number of hydrogen-bond acceptors (Lipinski definition) is 6. The molecule has 32 heavy (non-hydrogen) atoms. The van der Waals surface area contributed by atoms with E-state index in [1.807, 2.05) is 31.6 Å². The second-order valence-corrected chi connectivity index (χ2v) is 10.0. The van der Waals surface area contributed by atoms with E-state index in [-0.39, 0.29) is 5.41 Å². The number of hydrogen-bond donors (Lipinski definition) is 3. The molecule has 0 aromatic carbocycles. The van der Waals surface area contributed by atoms with Gasteiger partial charge in [0.15, 0.2) is 5.82 Å². The first-order valence-electron chi connectivity index (χ1n) is 11.6. The Morgan fingerprint density at radius 3 is 2.81 bits per heavy atom. The first kappa shape index (κ1) is 19.6. The Balaban J connectivity index is 1.55. The van der Waals surface area contributed by atoms with E-state index in [0.717, 1.165) is 58.5 Å². The molecule has 1 aliphatic heterocycles. The molecule has 2 aliphatic rings. The zero-order chi connectivity index (χ0) is 21.9. The lowest BCUT2D eigenvalue weighted by Gasteiger charge is -2.40. The molecule has 1 atom stereocenters. The third-order valence-electron chi connectivity index (χ3n) is 7.01. The molecule has 3 N–H and O–H groups in total. The van der Waals surface area contributed by atoms with Gasteiger partial charge in [-0.3, -0.25) is 4.98 Å². The highest BCUT2D eigenvalue weighted by Gasteiger charge is 2.34. The molecule has 164 valence electrons. The summed E-state index contributed by atoms with van der Waals surface area (Å²) in [7, 11) is 0. The Morgan fingerprint density at radius 2 is 2.00 bits per heavy atom. The van der Waals surface area contributed by atoms with Crippen LogP contribution in [-0.4, -0.2) is 44.1 Å². The largest absolute Gasteiger partial charge is 0.366 e. The lowest BCUT2D eigenvalue weighted by molar-refractivity contribution is 0.236. The van der Waals surface area contributed by atoms with Crippen LogP contribution in [0.3, 0.4) is 0 Å². The molecule has 7 nitrogen and oxygen atoms in total. The number of pyridine rings is 2. The smallest absolute Gasteiger partial charge is 0.163 e. The lowest BCUT2D eigenvalue weighted by atomic mass is 9.80. The topological polar surface area (TPSA) is 91.4 Å². The predicted molar refractivity (Wildman–Crippen MR) is 128 cm³/mol. The van der Waals surface area contributed by atoms with Crippen molar-refractivity contribution in [2.75, 3.05) is 18.4 Å². The molecular weight excluding hydrogens is 398 g/mol. The summed E-state index contributed by atoms with van der Waals surface area (Å²) in [4.78, 5) is 22.5. The molecular formula is C25H29N7. The molecule has 0 spiro atoms. The molecule has 1 unspecified atom stereocenters. The predicted octanol–water partition coefficient (Wildman–Crippen LogP) is 4.55. The number of aryl methyl sites for hydroxylation is 1. The standard InChI is InChI=1S/C25H29N7/c1-14-10-17-16(6-9-28-22(17)29-14)23-30-19-12-27-11-18(15-4-5-15)21(19)24(32-23)31-20-7-8-26-13-25(20,2)3/h6,9-12,15,20,26H,4-5,7-8,13H2,1-3H3,(H,28,29)(H,30,31,32). The molecule has 0 radical (unpaired) electrons. The summed E-state index contributed by atoms with van der Waals surface area (Å²) >= 11 is 0. The Hall–Kier alpha value is -3.06. The summed E-state index contributed by atoms with van der Waals surface area (Å²) in [6.45, 7) is 8.69. The van der Waals surface area contributed by atoms with E-state index >= 15 is 0 Å². The molecule has 4 aromatic heterocycles. The monoisotopic (exact) mass is 427 g/mol. The SMILES string of the molecule is Cc1cc2c(-c3nc(NC4CCNCC4(C)C)c4c(C5CC5)cncc4n3)ccnc2[nH]1. The minimum atomic E-state index is 0.129. The van der Waals surface area contributed by atoms with Crippen LogP contribution in [-0.2, 0) is 0 Å². The first-order chi connectivity index (χ1) is 15.5. The summed E-state index contributed by atoms with van der Waals surface area (Å²) in [5.41, 5.74) is 5.25. The summed E-state index contributed by atoms with van der Waals surface area (Å²) in [6, 6.07) is 4.46. The van der Waals surface area contributed by atoms with E-state index < -0.39 is 0 Å². The minimum absolute atomic E-state index is 0.129. The van der Waals surface area contributed by atoms with Gasteiger partial charge in [0.2, 0.25) is 0 Å². The van der Waals surface area contributed by atoms with Crippen molar-refractivity contribution in [1.29, 1.82) is 0 Å². The van der Waals surface area contributed by atoms with Crippen molar-refractivity contribution < 1.29 is 0 Å². The molecule has 5 heterocycles. The molecule has 2 fully saturated rings. The maximum absolute atomic E-state index is 5.15. The van der Waals surface area contributed by atoms with Crippen LogP contribution in [0.25, 0.3) is 33.3 Å². The highest BCUT2D eigenvalue weighted by Crippen LogP contribution is 2.45. The Labute approximate surface area is 187 Å². The van der Waals surface area contributed by atoms with Gasteiger partial charge in [0.05, 0.1) is 11.7 Å². The van der Waals surface area contributed by atoms with Crippen LogP contribution >= 0.6 is 0 Å². The van der Waals surface area contributed by atoms with Gasteiger partial charge in [0.25, 0.3) is 0 Å². The van der Waals surface area contributed by atoms with Crippen molar-refractivity contribution in [3.05, 3.63) is 42.0 Å². The van der Waals surface area contributed by atoms with Gasteiger partial charge in [0.1, 0.15) is 11.5 Å². The third-order valence-corrected chi connectivity index (χ3v) is 7.01. The van der Waals surface area contributed by atoms with Crippen molar-refractivity contribution in [3.63, 3.8) is 0 Å². The van der Waals surface area contributed by atoms with Crippen LogP contribution in [0.1, 0.15) is 50.3 Å². The first-order valence-corrected chi connectivity index (χ1v) is 11.6. The molecule has 7 heteroatoms. The molecule has 0 amide bonds. The number of nitrogens with zero attached hydrogens (tertiary/aromatic N) is 4. The average molecular weight is 428 g/mol.